The maximum atomic E-state index is 13.2. The predicted octanol–water partition coefficient (Wildman–Crippen LogP) is 5.27. The van der Waals surface area contributed by atoms with E-state index in [-0.39, 0.29) is 24.5 Å². The topological polar surface area (TPSA) is 67.9 Å². The summed E-state index contributed by atoms with van der Waals surface area (Å²) in [5.74, 6) is 0.546. The number of carbonyl (C=O) groups is 2. The molecule has 6 heteroatoms. The SMILES string of the molecule is COc1ccccc1NC(=O)c1cc2ccccc2cc1OCC(=O)N(C)C1CCCCC1. The molecule has 1 saturated carbocycles. The van der Waals surface area contributed by atoms with Crippen molar-refractivity contribution in [2.24, 2.45) is 0 Å². The number of nitrogens with one attached hydrogen (secondary N) is 1. The summed E-state index contributed by atoms with van der Waals surface area (Å²) >= 11 is 0. The molecule has 0 heterocycles. The smallest absolute Gasteiger partial charge is 0.260 e. The first-order valence-corrected chi connectivity index (χ1v) is 11.4. The summed E-state index contributed by atoms with van der Waals surface area (Å²) in [7, 11) is 3.40. The molecule has 0 radical (unpaired) electrons. The van der Waals surface area contributed by atoms with Crippen LogP contribution < -0.4 is 14.8 Å². The second kappa shape index (κ2) is 10.4. The van der Waals surface area contributed by atoms with Crippen molar-refractivity contribution in [1.29, 1.82) is 0 Å². The zero-order chi connectivity index (χ0) is 23.2. The van der Waals surface area contributed by atoms with Gasteiger partial charge in [0.05, 0.1) is 18.4 Å². The first kappa shape index (κ1) is 22.6. The lowest BCUT2D eigenvalue weighted by Gasteiger charge is -2.31. The van der Waals surface area contributed by atoms with E-state index in [4.69, 9.17) is 9.47 Å². The van der Waals surface area contributed by atoms with E-state index in [2.05, 4.69) is 5.32 Å². The molecule has 1 N–H and O–H groups in total. The summed E-state index contributed by atoms with van der Waals surface area (Å²) in [6, 6.07) is 18.9. The highest BCUT2D eigenvalue weighted by Gasteiger charge is 2.23. The highest BCUT2D eigenvalue weighted by atomic mass is 16.5. The van der Waals surface area contributed by atoms with Crippen LogP contribution in [0.15, 0.2) is 60.7 Å². The van der Waals surface area contributed by atoms with E-state index in [1.165, 1.54) is 6.42 Å². The number of likely N-dealkylation sites (N-methyl/N-ethyl adjacent to an activating group) is 1. The highest BCUT2D eigenvalue weighted by Crippen LogP contribution is 2.29. The van der Waals surface area contributed by atoms with E-state index in [1.54, 1.807) is 30.2 Å². The minimum absolute atomic E-state index is 0.0776. The Morgan fingerprint density at radius 2 is 1.61 bits per heavy atom. The third-order valence-corrected chi connectivity index (χ3v) is 6.31. The fourth-order valence-electron chi connectivity index (χ4n) is 4.37. The van der Waals surface area contributed by atoms with Gasteiger partial charge in [-0.25, -0.2) is 0 Å². The van der Waals surface area contributed by atoms with Gasteiger partial charge in [0.1, 0.15) is 11.5 Å². The Kier molecular flexibility index (Phi) is 7.13. The molecule has 1 aliphatic rings. The molecule has 3 aromatic rings. The zero-order valence-corrected chi connectivity index (χ0v) is 19.2. The second-order valence-corrected chi connectivity index (χ2v) is 8.44. The average molecular weight is 447 g/mol. The first-order valence-electron chi connectivity index (χ1n) is 11.4. The maximum Gasteiger partial charge on any atom is 0.260 e. The molecule has 3 aromatic carbocycles. The number of nitrogens with zero attached hydrogens (tertiary/aromatic N) is 1. The molecule has 0 unspecified atom stereocenters. The van der Waals surface area contributed by atoms with E-state index in [9.17, 15) is 9.59 Å². The third-order valence-electron chi connectivity index (χ3n) is 6.31. The summed E-state index contributed by atoms with van der Waals surface area (Å²) in [5.41, 5.74) is 0.935. The number of rotatable bonds is 7. The minimum Gasteiger partial charge on any atom is -0.495 e. The molecule has 0 aliphatic heterocycles. The van der Waals surface area contributed by atoms with Crippen molar-refractivity contribution in [2.75, 3.05) is 26.1 Å². The summed E-state index contributed by atoms with van der Waals surface area (Å²) in [6.45, 7) is -0.111. The fraction of sp³-hybridized carbons (Fsp3) is 0.333. The van der Waals surface area contributed by atoms with Gasteiger partial charge < -0.3 is 19.7 Å². The number of hydrogen-bond acceptors (Lipinski definition) is 4. The Labute approximate surface area is 194 Å². The molecule has 4 rings (SSSR count). The number of methoxy groups -OCH3 is 1. The van der Waals surface area contributed by atoms with Gasteiger partial charge in [-0.2, -0.15) is 0 Å². The average Bonchev–Trinajstić information content (AvgIpc) is 2.87. The summed E-state index contributed by atoms with van der Waals surface area (Å²) in [6.07, 6.45) is 5.61. The maximum absolute atomic E-state index is 13.2. The molecule has 0 saturated heterocycles. The molecular weight excluding hydrogens is 416 g/mol. The van der Waals surface area contributed by atoms with Crippen LogP contribution in [0, 0.1) is 0 Å². The van der Waals surface area contributed by atoms with Crippen LogP contribution in [-0.4, -0.2) is 43.5 Å². The number of fused-ring (bicyclic) bond motifs is 1. The number of para-hydroxylation sites is 2. The van der Waals surface area contributed by atoms with Crippen molar-refractivity contribution >= 4 is 28.3 Å². The lowest BCUT2D eigenvalue weighted by molar-refractivity contribution is -0.134. The van der Waals surface area contributed by atoms with Gasteiger partial charge in [-0.1, -0.05) is 55.7 Å². The Morgan fingerprint density at radius 1 is 0.939 bits per heavy atom. The van der Waals surface area contributed by atoms with Crippen molar-refractivity contribution in [3.8, 4) is 11.5 Å². The van der Waals surface area contributed by atoms with Crippen LogP contribution in [0.4, 0.5) is 5.69 Å². The molecular formula is C27H30N2O4. The lowest BCUT2D eigenvalue weighted by Crippen LogP contribution is -2.40. The molecule has 33 heavy (non-hydrogen) atoms. The summed E-state index contributed by atoms with van der Waals surface area (Å²) in [4.78, 5) is 27.8. The van der Waals surface area contributed by atoms with Crippen LogP contribution in [0.3, 0.4) is 0 Å². The van der Waals surface area contributed by atoms with Crippen molar-refractivity contribution in [1.82, 2.24) is 4.90 Å². The van der Waals surface area contributed by atoms with Crippen molar-refractivity contribution in [2.45, 2.75) is 38.1 Å². The van der Waals surface area contributed by atoms with E-state index >= 15 is 0 Å². The minimum atomic E-state index is -0.326. The van der Waals surface area contributed by atoms with Crippen LogP contribution in [0.5, 0.6) is 11.5 Å². The molecule has 6 nitrogen and oxygen atoms in total. The number of carbonyl (C=O) groups excluding carboxylic acids is 2. The van der Waals surface area contributed by atoms with Gasteiger partial charge in [0, 0.05) is 13.1 Å². The first-order chi connectivity index (χ1) is 16.1. The van der Waals surface area contributed by atoms with Crippen LogP contribution >= 0.6 is 0 Å². The van der Waals surface area contributed by atoms with E-state index in [0.717, 1.165) is 36.5 Å². The molecule has 172 valence electrons. The lowest BCUT2D eigenvalue weighted by atomic mass is 9.94. The quantitative estimate of drug-likeness (QED) is 0.537. The molecule has 1 aliphatic carbocycles. The third kappa shape index (κ3) is 5.28. The van der Waals surface area contributed by atoms with Gasteiger partial charge in [0.2, 0.25) is 0 Å². The normalized spacial score (nSPS) is 14.0. The summed E-state index contributed by atoms with van der Waals surface area (Å²) in [5, 5.41) is 4.76. The van der Waals surface area contributed by atoms with Crippen molar-refractivity contribution in [3.05, 3.63) is 66.2 Å². The van der Waals surface area contributed by atoms with Crippen LogP contribution in [0.2, 0.25) is 0 Å². The number of amides is 2. The van der Waals surface area contributed by atoms with Gasteiger partial charge in [-0.05, 0) is 47.9 Å². The van der Waals surface area contributed by atoms with Crippen LogP contribution in [0.25, 0.3) is 10.8 Å². The Morgan fingerprint density at radius 3 is 2.33 bits per heavy atom. The number of hydrogen-bond donors (Lipinski definition) is 1. The van der Waals surface area contributed by atoms with Crippen molar-refractivity contribution in [3.63, 3.8) is 0 Å². The van der Waals surface area contributed by atoms with E-state index in [0.29, 0.717) is 22.7 Å². The van der Waals surface area contributed by atoms with Gasteiger partial charge in [-0.15, -0.1) is 0 Å². The van der Waals surface area contributed by atoms with Gasteiger partial charge in [0.15, 0.2) is 6.61 Å². The van der Waals surface area contributed by atoms with E-state index in [1.807, 2.05) is 49.5 Å². The standard InChI is InChI=1S/C27H30N2O4/c1-29(21-12-4-3-5-13-21)26(30)18-33-25-17-20-11-7-6-10-19(20)16-22(25)27(31)28-23-14-8-9-15-24(23)32-2/h6-11,14-17,21H,3-5,12-13,18H2,1-2H3,(H,28,31). The molecule has 1 fully saturated rings. The van der Waals surface area contributed by atoms with E-state index < -0.39 is 0 Å². The molecule has 2 amide bonds. The molecule has 0 bridgehead atoms. The summed E-state index contributed by atoms with van der Waals surface area (Å²) < 4.78 is 11.3. The molecule has 0 atom stereocenters. The molecule has 0 spiro atoms. The number of ether oxygens (including phenoxy) is 2. The highest BCUT2D eigenvalue weighted by molar-refractivity contribution is 6.09. The largest absolute Gasteiger partial charge is 0.495 e. The fourth-order valence-corrected chi connectivity index (χ4v) is 4.37. The van der Waals surface area contributed by atoms with Crippen LogP contribution in [-0.2, 0) is 4.79 Å². The number of benzene rings is 3. The Hall–Kier alpha value is -3.54. The predicted molar refractivity (Wildman–Crippen MR) is 130 cm³/mol. The van der Waals surface area contributed by atoms with Gasteiger partial charge >= 0.3 is 0 Å². The Bertz CT molecular complexity index is 1140. The second-order valence-electron chi connectivity index (χ2n) is 8.44. The van der Waals surface area contributed by atoms with Gasteiger partial charge in [0.25, 0.3) is 11.8 Å². The van der Waals surface area contributed by atoms with Crippen molar-refractivity contribution < 1.29 is 19.1 Å². The van der Waals surface area contributed by atoms with Crippen LogP contribution in [0.1, 0.15) is 42.5 Å². The van der Waals surface area contributed by atoms with Gasteiger partial charge in [-0.3, -0.25) is 9.59 Å². The monoisotopic (exact) mass is 446 g/mol. The Balaban J connectivity index is 1.56. The zero-order valence-electron chi connectivity index (χ0n) is 19.2. The molecule has 0 aromatic heterocycles. The number of anilines is 1.